The van der Waals surface area contributed by atoms with E-state index >= 15 is 0 Å². The number of nitrogens with zero attached hydrogens (tertiary/aromatic N) is 2. The van der Waals surface area contributed by atoms with E-state index in [1.54, 1.807) is 0 Å². The van der Waals surface area contributed by atoms with Gasteiger partial charge in [0.05, 0.1) is 18.8 Å². The van der Waals surface area contributed by atoms with E-state index < -0.39 is 26.6 Å². The summed E-state index contributed by atoms with van der Waals surface area (Å²) in [6.07, 6.45) is 0.553. The Morgan fingerprint density at radius 1 is 1.22 bits per heavy atom. The Hall–Kier alpha value is -1.09. The summed E-state index contributed by atoms with van der Waals surface area (Å²) in [6, 6.07) is 1.35. The maximum atomic E-state index is 14.1. The zero-order valence-corrected chi connectivity index (χ0v) is 13.9. The molecular formula is C15H20F2N2O3S. The number of likely N-dealkylation sites (N-methyl/N-ethyl adjacent to an activating group) is 1. The van der Waals surface area contributed by atoms with Crippen molar-refractivity contribution in [3.05, 3.63) is 29.3 Å². The summed E-state index contributed by atoms with van der Waals surface area (Å²) in [4.78, 5) is 1.57. The monoisotopic (exact) mass is 346 g/mol. The number of sulfonamides is 1. The van der Waals surface area contributed by atoms with Crippen LogP contribution in [0.3, 0.4) is 0 Å². The first kappa shape index (κ1) is 16.8. The van der Waals surface area contributed by atoms with Crippen LogP contribution in [0.1, 0.15) is 12.0 Å². The average molecular weight is 346 g/mol. The quantitative estimate of drug-likeness (QED) is 0.812. The molecule has 0 bridgehead atoms. The van der Waals surface area contributed by atoms with E-state index in [0.29, 0.717) is 12.6 Å². The van der Waals surface area contributed by atoms with E-state index in [0.717, 1.165) is 19.0 Å². The van der Waals surface area contributed by atoms with Crippen LogP contribution in [0.15, 0.2) is 17.0 Å². The Kier molecular flexibility index (Phi) is 4.43. The molecule has 0 aliphatic carbocycles. The highest BCUT2D eigenvalue weighted by molar-refractivity contribution is 7.89. The summed E-state index contributed by atoms with van der Waals surface area (Å²) in [5.74, 6) is -1.81. The smallest absolute Gasteiger partial charge is 0.246 e. The first-order valence-corrected chi connectivity index (χ1v) is 9.02. The van der Waals surface area contributed by atoms with Gasteiger partial charge in [0.15, 0.2) is 0 Å². The lowest BCUT2D eigenvalue weighted by molar-refractivity contribution is -0.0720. The molecule has 0 saturated carbocycles. The number of morpholine rings is 1. The van der Waals surface area contributed by atoms with Gasteiger partial charge in [-0.25, -0.2) is 17.2 Å². The Morgan fingerprint density at radius 2 is 1.96 bits per heavy atom. The second-order valence-electron chi connectivity index (χ2n) is 6.18. The zero-order chi connectivity index (χ0) is 16.8. The number of fused-ring (bicyclic) bond motifs is 1. The van der Waals surface area contributed by atoms with E-state index in [1.165, 1.54) is 11.2 Å². The SMILES string of the molecule is Cc1cc(S(=O)(=O)N2CCO[C@@H]3CCN(C)C[C@@H]32)c(F)cc1F. The number of halogens is 2. The van der Waals surface area contributed by atoms with Gasteiger partial charge in [-0.2, -0.15) is 4.31 Å². The van der Waals surface area contributed by atoms with Gasteiger partial charge in [-0.3, -0.25) is 0 Å². The predicted octanol–water partition coefficient (Wildman–Crippen LogP) is 1.37. The van der Waals surface area contributed by atoms with Gasteiger partial charge in [0.2, 0.25) is 10.0 Å². The van der Waals surface area contributed by atoms with Crippen molar-refractivity contribution in [3.8, 4) is 0 Å². The molecular weight excluding hydrogens is 326 g/mol. The van der Waals surface area contributed by atoms with Crippen molar-refractivity contribution in [3.63, 3.8) is 0 Å². The number of aryl methyl sites for hydroxylation is 1. The van der Waals surface area contributed by atoms with E-state index in [1.807, 2.05) is 11.9 Å². The van der Waals surface area contributed by atoms with Crippen LogP contribution in [0.5, 0.6) is 0 Å². The lowest BCUT2D eigenvalue weighted by Crippen LogP contribution is -2.60. The Labute approximate surface area is 134 Å². The lowest BCUT2D eigenvalue weighted by atomic mass is 10.0. The number of ether oxygens (including phenoxy) is 1. The first-order chi connectivity index (χ1) is 10.8. The molecule has 5 nitrogen and oxygen atoms in total. The molecule has 1 aromatic rings. The third kappa shape index (κ3) is 3.00. The van der Waals surface area contributed by atoms with Crippen molar-refractivity contribution in [1.29, 1.82) is 0 Å². The molecule has 128 valence electrons. The topological polar surface area (TPSA) is 49.9 Å². The van der Waals surface area contributed by atoms with Gasteiger partial charge in [-0.1, -0.05) is 0 Å². The molecule has 0 amide bonds. The largest absolute Gasteiger partial charge is 0.375 e. The van der Waals surface area contributed by atoms with Crippen LogP contribution in [-0.4, -0.2) is 63.1 Å². The molecule has 0 unspecified atom stereocenters. The lowest BCUT2D eigenvalue weighted by Gasteiger charge is -2.45. The molecule has 0 spiro atoms. The van der Waals surface area contributed by atoms with Gasteiger partial charge >= 0.3 is 0 Å². The highest BCUT2D eigenvalue weighted by Gasteiger charge is 2.43. The minimum absolute atomic E-state index is 0.107. The van der Waals surface area contributed by atoms with E-state index in [-0.39, 0.29) is 30.9 Å². The normalized spacial score (nSPS) is 27.0. The van der Waals surface area contributed by atoms with Crippen molar-refractivity contribution in [1.82, 2.24) is 9.21 Å². The van der Waals surface area contributed by atoms with Crippen LogP contribution in [0.2, 0.25) is 0 Å². The van der Waals surface area contributed by atoms with Gasteiger partial charge in [0.25, 0.3) is 0 Å². The van der Waals surface area contributed by atoms with Gasteiger partial charge in [-0.05, 0) is 32.0 Å². The van der Waals surface area contributed by atoms with E-state index in [4.69, 9.17) is 4.74 Å². The molecule has 23 heavy (non-hydrogen) atoms. The highest BCUT2D eigenvalue weighted by atomic mass is 32.2. The van der Waals surface area contributed by atoms with Gasteiger partial charge in [0.1, 0.15) is 16.5 Å². The molecule has 2 atom stereocenters. The summed E-state index contributed by atoms with van der Waals surface area (Å²) in [6.45, 7) is 3.24. The molecule has 1 aromatic carbocycles. The third-order valence-corrected chi connectivity index (χ3v) is 6.48. The third-order valence-electron chi connectivity index (χ3n) is 4.54. The summed E-state index contributed by atoms with van der Waals surface area (Å²) >= 11 is 0. The molecule has 2 aliphatic rings. The second kappa shape index (κ2) is 6.08. The Morgan fingerprint density at radius 3 is 2.70 bits per heavy atom. The summed E-state index contributed by atoms with van der Waals surface area (Å²) in [5, 5.41) is 0. The van der Waals surface area contributed by atoms with Crippen molar-refractivity contribution >= 4 is 10.0 Å². The molecule has 2 fully saturated rings. The molecule has 0 N–H and O–H groups in total. The minimum atomic E-state index is -4.04. The van der Waals surface area contributed by atoms with Gasteiger partial charge in [-0.15, -0.1) is 0 Å². The Balaban J connectivity index is 2.00. The van der Waals surface area contributed by atoms with Crippen molar-refractivity contribution in [2.75, 3.05) is 33.3 Å². The number of piperidine rings is 1. The number of hydrogen-bond acceptors (Lipinski definition) is 4. The van der Waals surface area contributed by atoms with Crippen LogP contribution in [0.25, 0.3) is 0 Å². The number of likely N-dealkylation sites (tertiary alicyclic amines) is 1. The van der Waals surface area contributed by atoms with E-state index in [2.05, 4.69) is 0 Å². The number of hydrogen-bond donors (Lipinski definition) is 0. The van der Waals surface area contributed by atoms with Crippen LogP contribution in [-0.2, 0) is 14.8 Å². The summed E-state index contributed by atoms with van der Waals surface area (Å²) in [7, 11) is -2.13. The van der Waals surface area contributed by atoms with Crippen LogP contribution in [0, 0.1) is 18.6 Å². The van der Waals surface area contributed by atoms with Crippen molar-refractivity contribution in [2.24, 2.45) is 0 Å². The average Bonchev–Trinajstić information content (AvgIpc) is 2.50. The summed E-state index contributed by atoms with van der Waals surface area (Å²) < 4.78 is 60.4. The fourth-order valence-electron chi connectivity index (χ4n) is 3.25. The first-order valence-electron chi connectivity index (χ1n) is 7.58. The maximum absolute atomic E-state index is 14.1. The van der Waals surface area contributed by atoms with Crippen molar-refractivity contribution in [2.45, 2.75) is 30.4 Å². The molecule has 3 rings (SSSR count). The Bertz CT molecular complexity index is 711. The van der Waals surface area contributed by atoms with Crippen LogP contribution >= 0.6 is 0 Å². The molecule has 2 heterocycles. The zero-order valence-electron chi connectivity index (χ0n) is 13.1. The molecule has 8 heteroatoms. The highest BCUT2D eigenvalue weighted by Crippen LogP contribution is 2.30. The summed E-state index contributed by atoms with van der Waals surface area (Å²) in [5.41, 5.74) is 0.107. The van der Waals surface area contributed by atoms with Gasteiger partial charge in [0, 0.05) is 25.7 Å². The van der Waals surface area contributed by atoms with Gasteiger partial charge < -0.3 is 9.64 Å². The second-order valence-corrected chi connectivity index (χ2v) is 8.03. The fraction of sp³-hybridized carbons (Fsp3) is 0.600. The molecule has 2 aliphatic heterocycles. The fourth-order valence-corrected chi connectivity index (χ4v) is 5.01. The minimum Gasteiger partial charge on any atom is -0.375 e. The van der Waals surface area contributed by atoms with Crippen LogP contribution in [0.4, 0.5) is 8.78 Å². The number of rotatable bonds is 2. The standard InChI is InChI=1S/C15H20F2N2O3S/c1-10-7-15(12(17)8-11(10)16)23(20,21)19-5-6-22-14-3-4-18(2)9-13(14)19/h7-8,13-14H,3-6,9H2,1-2H3/t13-,14+/m0/s1. The maximum Gasteiger partial charge on any atom is 0.246 e. The predicted molar refractivity (Wildman–Crippen MR) is 80.6 cm³/mol. The van der Waals surface area contributed by atoms with Crippen molar-refractivity contribution < 1.29 is 21.9 Å². The van der Waals surface area contributed by atoms with Crippen LogP contribution < -0.4 is 0 Å². The molecule has 0 radical (unpaired) electrons. The molecule has 0 aromatic heterocycles. The number of benzene rings is 1. The van der Waals surface area contributed by atoms with E-state index in [9.17, 15) is 17.2 Å². The molecule has 2 saturated heterocycles.